The molecule has 1 saturated heterocycles. The Morgan fingerprint density at radius 3 is 2.71 bits per heavy atom. The molecule has 1 aromatic carbocycles. The summed E-state index contributed by atoms with van der Waals surface area (Å²) in [6.07, 6.45) is 0. The molecule has 2 aliphatic heterocycles. The van der Waals surface area contributed by atoms with Crippen LogP contribution in [0.25, 0.3) is 0 Å². The summed E-state index contributed by atoms with van der Waals surface area (Å²) in [5, 5.41) is 2.96. The summed E-state index contributed by atoms with van der Waals surface area (Å²) in [4.78, 5) is 16.2. The molecule has 7 nitrogen and oxygen atoms in total. The Morgan fingerprint density at radius 2 is 1.92 bits per heavy atom. The Kier molecular flexibility index (Phi) is 5.77. The van der Waals surface area contributed by atoms with Crippen molar-refractivity contribution in [2.45, 2.75) is 6.54 Å². The molecule has 1 N–H and O–H groups in total. The fraction of sp³-hybridized carbons (Fsp3) is 0.588. The predicted molar refractivity (Wildman–Crippen MR) is 89.6 cm³/mol. The van der Waals surface area contributed by atoms with Crippen LogP contribution < -0.4 is 14.8 Å². The topological polar surface area (TPSA) is 63.3 Å². The molecule has 24 heavy (non-hydrogen) atoms. The maximum atomic E-state index is 12.2. The molecular formula is C17H25N3O4. The Morgan fingerprint density at radius 1 is 1.17 bits per heavy atom. The van der Waals surface area contributed by atoms with Crippen LogP contribution in [-0.4, -0.2) is 75.5 Å². The predicted octanol–water partition coefficient (Wildman–Crippen LogP) is 0.931. The molecule has 0 aromatic heterocycles. The number of carbonyl (C=O) groups excluding carboxylic acids is 1. The van der Waals surface area contributed by atoms with Gasteiger partial charge in [-0.05, 0) is 17.7 Å². The van der Waals surface area contributed by atoms with Crippen LogP contribution in [0.4, 0.5) is 4.79 Å². The molecule has 0 radical (unpaired) electrons. The molecule has 2 heterocycles. The van der Waals surface area contributed by atoms with Crippen molar-refractivity contribution in [2.24, 2.45) is 0 Å². The second-order valence-electron chi connectivity index (χ2n) is 6.02. The number of hydrogen-bond acceptors (Lipinski definition) is 5. The largest absolute Gasteiger partial charge is 0.486 e. The van der Waals surface area contributed by atoms with Gasteiger partial charge >= 0.3 is 6.03 Å². The van der Waals surface area contributed by atoms with E-state index in [1.807, 2.05) is 18.2 Å². The van der Waals surface area contributed by atoms with Crippen molar-refractivity contribution < 1.29 is 19.0 Å². The highest BCUT2D eigenvalue weighted by Gasteiger charge is 2.15. The number of benzene rings is 1. The van der Waals surface area contributed by atoms with E-state index in [4.69, 9.17) is 14.2 Å². The van der Waals surface area contributed by atoms with E-state index in [-0.39, 0.29) is 6.03 Å². The molecule has 0 atom stereocenters. The first-order valence-corrected chi connectivity index (χ1v) is 8.40. The van der Waals surface area contributed by atoms with E-state index in [2.05, 4.69) is 10.2 Å². The van der Waals surface area contributed by atoms with E-state index in [1.165, 1.54) is 0 Å². The quantitative estimate of drug-likeness (QED) is 0.867. The van der Waals surface area contributed by atoms with E-state index in [0.29, 0.717) is 26.3 Å². The van der Waals surface area contributed by atoms with Crippen molar-refractivity contribution in [3.63, 3.8) is 0 Å². The highest BCUT2D eigenvalue weighted by Crippen LogP contribution is 2.30. The third kappa shape index (κ3) is 4.52. The fourth-order valence-corrected chi connectivity index (χ4v) is 2.81. The minimum absolute atomic E-state index is 0.0712. The monoisotopic (exact) mass is 335 g/mol. The van der Waals surface area contributed by atoms with Gasteiger partial charge in [0.15, 0.2) is 11.5 Å². The third-order valence-corrected chi connectivity index (χ3v) is 4.18. The zero-order valence-corrected chi connectivity index (χ0v) is 14.1. The molecule has 0 bridgehead atoms. The Balaban J connectivity index is 1.43. The van der Waals surface area contributed by atoms with Crippen molar-refractivity contribution in [2.75, 3.05) is 59.7 Å². The van der Waals surface area contributed by atoms with Gasteiger partial charge in [-0.3, -0.25) is 4.90 Å². The number of nitrogens with one attached hydrogen (secondary N) is 1. The zero-order valence-electron chi connectivity index (χ0n) is 14.1. The summed E-state index contributed by atoms with van der Waals surface area (Å²) in [6, 6.07) is 5.73. The number of carbonyl (C=O) groups is 1. The molecule has 0 aliphatic carbocycles. The third-order valence-electron chi connectivity index (χ3n) is 4.18. The number of rotatable bonds is 5. The smallest absolute Gasteiger partial charge is 0.317 e. The molecule has 3 rings (SSSR count). The van der Waals surface area contributed by atoms with Crippen LogP contribution in [-0.2, 0) is 11.3 Å². The lowest BCUT2D eigenvalue weighted by Gasteiger charge is -2.27. The molecule has 7 heteroatoms. The average Bonchev–Trinajstić information content (AvgIpc) is 2.62. The van der Waals surface area contributed by atoms with Gasteiger partial charge < -0.3 is 24.4 Å². The molecule has 2 amide bonds. The lowest BCUT2D eigenvalue weighted by atomic mass is 10.2. The Hall–Kier alpha value is -1.99. The van der Waals surface area contributed by atoms with Crippen LogP contribution in [0.1, 0.15) is 5.56 Å². The first-order valence-electron chi connectivity index (χ1n) is 8.40. The van der Waals surface area contributed by atoms with Crippen LogP contribution in [0, 0.1) is 0 Å². The van der Waals surface area contributed by atoms with E-state index in [0.717, 1.165) is 49.9 Å². The van der Waals surface area contributed by atoms with E-state index in [1.54, 1.807) is 11.9 Å². The number of amides is 2. The number of fused-ring (bicyclic) bond motifs is 1. The van der Waals surface area contributed by atoms with Crippen LogP contribution in [0.5, 0.6) is 11.5 Å². The highest BCUT2D eigenvalue weighted by atomic mass is 16.6. The van der Waals surface area contributed by atoms with Crippen molar-refractivity contribution in [3.8, 4) is 11.5 Å². The molecule has 132 valence electrons. The first-order chi connectivity index (χ1) is 11.7. The van der Waals surface area contributed by atoms with E-state index in [9.17, 15) is 4.79 Å². The minimum atomic E-state index is -0.0712. The summed E-state index contributed by atoms with van der Waals surface area (Å²) in [7, 11) is 1.79. The standard InChI is InChI=1S/C17H25N3O4/c1-19(17(21)18-4-5-20-6-8-22-9-7-20)13-14-2-3-15-16(12-14)24-11-10-23-15/h2-3,12H,4-11,13H2,1H3,(H,18,21). The van der Waals surface area contributed by atoms with Gasteiger partial charge in [0, 0.05) is 39.8 Å². The molecular weight excluding hydrogens is 310 g/mol. The molecule has 1 fully saturated rings. The minimum Gasteiger partial charge on any atom is -0.486 e. The Bertz CT molecular complexity index is 561. The maximum absolute atomic E-state index is 12.2. The maximum Gasteiger partial charge on any atom is 0.317 e. The van der Waals surface area contributed by atoms with Crippen LogP contribution in [0.3, 0.4) is 0 Å². The number of hydrogen-bond donors (Lipinski definition) is 1. The number of nitrogens with zero attached hydrogens (tertiary/aromatic N) is 2. The van der Waals surface area contributed by atoms with Gasteiger partial charge in [0.1, 0.15) is 13.2 Å². The zero-order chi connectivity index (χ0) is 16.8. The van der Waals surface area contributed by atoms with Crippen molar-refractivity contribution in [3.05, 3.63) is 23.8 Å². The number of morpholine rings is 1. The van der Waals surface area contributed by atoms with Gasteiger partial charge in [0.2, 0.25) is 0 Å². The summed E-state index contributed by atoms with van der Waals surface area (Å²) in [5.74, 6) is 1.52. The van der Waals surface area contributed by atoms with Gasteiger partial charge in [0.25, 0.3) is 0 Å². The number of urea groups is 1. The van der Waals surface area contributed by atoms with Gasteiger partial charge in [-0.2, -0.15) is 0 Å². The molecule has 1 aromatic rings. The van der Waals surface area contributed by atoms with Crippen molar-refractivity contribution in [1.82, 2.24) is 15.1 Å². The first kappa shape index (κ1) is 16.9. The summed E-state index contributed by atoms with van der Waals surface area (Å²) < 4.78 is 16.4. The van der Waals surface area contributed by atoms with Gasteiger partial charge in [-0.25, -0.2) is 4.79 Å². The SMILES string of the molecule is CN(Cc1ccc2c(c1)OCCO2)C(=O)NCCN1CCOCC1. The van der Waals surface area contributed by atoms with Crippen LogP contribution >= 0.6 is 0 Å². The second kappa shape index (κ2) is 8.21. The molecule has 2 aliphatic rings. The van der Waals surface area contributed by atoms with Gasteiger partial charge in [-0.15, -0.1) is 0 Å². The molecule has 0 unspecified atom stereocenters. The van der Waals surface area contributed by atoms with Gasteiger partial charge in [-0.1, -0.05) is 6.07 Å². The molecule has 0 saturated carbocycles. The summed E-state index contributed by atoms with van der Waals surface area (Å²) in [5.41, 5.74) is 1.02. The van der Waals surface area contributed by atoms with Crippen molar-refractivity contribution in [1.29, 1.82) is 0 Å². The van der Waals surface area contributed by atoms with Crippen LogP contribution in [0.15, 0.2) is 18.2 Å². The lowest BCUT2D eigenvalue weighted by molar-refractivity contribution is 0.0386. The fourth-order valence-electron chi connectivity index (χ4n) is 2.81. The molecule has 0 spiro atoms. The van der Waals surface area contributed by atoms with Crippen molar-refractivity contribution >= 4 is 6.03 Å². The second-order valence-corrected chi connectivity index (χ2v) is 6.02. The lowest BCUT2D eigenvalue weighted by Crippen LogP contribution is -2.44. The number of ether oxygens (including phenoxy) is 3. The van der Waals surface area contributed by atoms with Gasteiger partial charge in [0.05, 0.1) is 13.2 Å². The average molecular weight is 335 g/mol. The normalized spacial score (nSPS) is 17.4. The Labute approximate surface area is 142 Å². The van der Waals surface area contributed by atoms with E-state index >= 15 is 0 Å². The summed E-state index contributed by atoms with van der Waals surface area (Å²) in [6.45, 7) is 6.59. The van der Waals surface area contributed by atoms with Crippen LogP contribution in [0.2, 0.25) is 0 Å². The highest BCUT2D eigenvalue weighted by molar-refractivity contribution is 5.73. The van der Waals surface area contributed by atoms with E-state index < -0.39 is 0 Å². The summed E-state index contributed by atoms with van der Waals surface area (Å²) >= 11 is 0.